The van der Waals surface area contributed by atoms with Gasteiger partial charge in [-0.05, 0) is 30.9 Å². The van der Waals surface area contributed by atoms with Crippen LogP contribution >= 0.6 is 0 Å². The molecule has 1 aromatic carbocycles. The Morgan fingerprint density at radius 2 is 2.12 bits per heavy atom. The van der Waals surface area contributed by atoms with Gasteiger partial charge in [-0.2, -0.15) is 4.98 Å². The predicted molar refractivity (Wildman–Crippen MR) is 79.7 cm³/mol. The summed E-state index contributed by atoms with van der Waals surface area (Å²) in [5.74, 6) is -1.60. The summed E-state index contributed by atoms with van der Waals surface area (Å²) in [5, 5.41) is 6.31. The molecule has 1 aromatic heterocycles. The molecule has 1 atom stereocenters. The summed E-state index contributed by atoms with van der Waals surface area (Å²) in [6, 6.07) is 3.47. The number of nitrogens with zero attached hydrogens (tertiary/aromatic N) is 2. The predicted octanol–water partition coefficient (Wildman–Crippen LogP) is 2.45. The lowest BCUT2D eigenvalue weighted by molar-refractivity contribution is -0.123. The van der Waals surface area contributed by atoms with Gasteiger partial charge in [-0.25, -0.2) is 8.78 Å². The monoisotopic (exact) mass is 337 g/mol. The zero-order valence-corrected chi connectivity index (χ0v) is 12.9. The van der Waals surface area contributed by atoms with E-state index in [0.717, 1.165) is 31.6 Å². The smallest absolute Gasteiger partial charge is 0.263 e. The van der Waals surface area contributed by atoms with Gasteiger partial charge in [0.1, 0.15) is 17.2 Å². The van der Waals surface area contributed by atoms with Gasteiger partial charge in [0.15, 0.2) is 5.82 Å². The van der Waals surface area contributed by atoms with Crippen LogP contribution in [0.4, 0.5) is 8.78 Å². The number of ether oxygens (including phenoxy) is 1. The Labute approximate surface area is 137 Å². The molecule has 0 radical (unpaired) electrons. The van der Waals surface area contributed by atoms with Gasteiger partial charge >= 0.3 is 0 Å². The summed E-state index contributed by atoms with van der Waals surface area (Å²) >= 11 is 0. The standard InChI is InChI=1S/C16H17F2N3O3/c17-11-4-1-5-12(18)15(11)16-20-13(21-24-16)8-19-14(22)7-10-3-2-6-23-9-10/h1,4-5,10H,2-3,6-9H2,(H,19,22)/t10-/m0/s1. The lowest BCUT2D eigenvalue weighted by atomic mass is 9.98. The van der Waals surface area contributed by atoms with Crippen LogP contribution in [-0.2, 0) is 16.1 Å². The molecule has 24 heavy (non-hydrogen) atoms. The number of aromatic nitrogens is 2. The summed E-state index contributed by atoms with van der Waals surface area (Å²) in [4.78, 5) is 15.8. The van der Waals surface area contributed by atoms with Crippen molar-refractivity contribution in [3.63, 3.8) is 0 Å². The van der Waals surface area contributed by atoms with E-state index in [1.165, 1.54) is 6.07 Å². The topological polar surface area (TPSA) is 77.2 Å². The number of carbonyl (C=O) groups is 1. The zero-order valence-electron chi connectivity index (χ0n) is 12.9. The SMILES string of the molecule is O=C(C[C@@H]1CCCOC1)NCc1noc(-c2c(F)cccc2F)n1. The van der Waals surface area contributed by atoms with Gasteiger partial charge in [0.2, 0.25) is 5.91 Å². The van der Waals surface area contributed by atoms with Gasteiger partial charge in [-0.15, -0.1) is 0 Å². The maximum Gasteiger partial charge on any atom is 0.263 e. The van der Waals surface area contributed by atoms with E-state index < -0.39 is 11.6 Å². The zero-order chi connectivity index (χ0) is 16.9. The Kier molecular flexibility index (Phi) is 5.14. The van der Waals surface area contributed by atoms with Crippen molar-refractivity contribution >= 4 is 5.91 Å². The van der Waals surface area contributed by atoms with Crippen molar-refractivity contribution in [2.75, 3.05) is 13.2 Å². The molecule has 0 aliphatic carbocycles. The average molecular weight is 337 g/mol. The van der Waals surface area contributed by atoms with Crippen LogP contribution < -0.4 is 5.32 Å². The molecule has 128 valence electrons. The van der Waals surface area contributed by atoms with Crippen molar-refractivity contribution in [1.29, 1.82) is 0 Å². The highest BCUT2D eigenvalue weighted by Crippen LogP contribution is 2.24. The van der Waals surface area contributed by atoms with Gasteiger partial charge in [-0.1, -0.05) is 11.2 Å². The van der Waals surface area contributed by atoms with E-state index in [2.05, 4.69) is 15.5 Å². The summed E-state index contributed by atoms with van der Waals surface area (Å²) in [7, 11) is 0. The van der Waals surface area contributed by atoms with E-state index in [1.807, 2.05) is 0 Å². The minimum Gasteiger partial charge on any atom is -0.381 e. The molecule has 6 nitrogen and oxygen atoms in total. The minimum atomic E-state index is -0.786. The van der Waals surface area contributed by atoms with Gasteiger partial charge in [-0.3, -0.25) is 4.79 Å². The minimum absolute atomic E-state index is 0.0337. The van der Waals surface area contributed by atoms with Crippen molar-refractivity contribution in [1.82, 2.24) is 15.5 Å². The number of amides is 1. The van der Waals surface area contributed by atoms with Crippen molar-refractivity contribution in [3.05, 3.63) is 35.7 Å². The molecule has 8 heteroatoms. The van der Waals surface area contributed by atoms with Gasteiger partial charge in [0.25, 0.3) is 5.89 Å². The van der Waals surface area contributed by atoms with E-state index >= 15 is 0 Å². The largest absolute Gasteiger partial charge is 0.381 e. The highest BCUT2D eigenvalue weighted by Gasteiger charge is 2.20. The normalized spacial score (nSPS) is 17.7. The van der Waals surface area contributed by atoms with Crippen molar-refractivity contribution in [2.24, 2.45) is 5.92 Å². The van der Waals surface area contributed by atoms with E-state index in [9.17, 15) is 13.6 Å². The summed E-state index contributed by atoms with van der Waals surface area (Å²) in [5.41, 5.74) is -0.373. The molecule has 2 aromatic rings. The molecule has 2 heterocycles. The fourth-order valence-electron chi connectivity index (χ4n) is 2.61. The van der Waals surface area contributed by atoms with Crippen molar-refractivity contribution in [2.45, 2.75) is 25.8 Å². The van der Waals surface area contributed by atoms with Crippen LogP contribution in [0.5, 0.6) is 0 Å². The van der Waals surface area contributed by atoms with Crippen molar-refractivity contribution in [3.8, 4) is 11.5 Å². The molecule has 1 fully saturated rings. The Morgan fingerprint density at radius 3 is 2.83 bits per heavy atom. The number of rotatable bonds is 5. The van der Waals surface area contributed by atoms with Crippen LogP contribution in [0.1, 0.15) is 25.1 Å². The lowest BCUT2D eigenvalue weighted by Gasteiger charge is -2.21. The van der Waals surface area contributed by atoms with Gasteiger partial charge in [0, 0.05) is 19.6 Å². The van der Waals surface area contributed by atoms with Crippen LogP contribution in [0.15, 0.2) is 22.7 Å². The molecule has 1 aliphatic heterocycles. The Bertz CT molecular complexity index is 694. The first-order valence-electron chi connectivity index (χ1n) is 7.75. The van der Waals surface area contributed by atoms with Gasteiger partial charge in [0.05, 0.1) is 6.54 Å². The third-order valence-electron chi connectivity index (χ3n) is 3.82. The first-order chi connectivity index (χ1) is 11.6. The second-order valence-corrected chi connectivity index (χ2v) is 5.68. The quantitative estimate of drug-likeness (QED) is 0.907. The summed E-state index contributed by atoms with van der Waals surface area (Å²) in [6.07, 6.45) is 2.29. The maximum atomic E-state index is 13.7. The van der Waals surface area contributed by atoms with Crippen LogP contribution in [0, 0.1) is 17.6 Å². The number of carbonyl (C=O) groups excluding carboxylic acids is 1. The lowest BCUT2D eigenvalue weighted by Crippen LogP contribution is -2.28. The number of hydrogen-bond donors (Lipinski definition) is 1. The molecule has 3 rings (SSSR count). The van der Waals surface area contributed by atoms with E-state index in [-0.39, 0.29) is 35.6 Å². The number of nitrogens with one attached hydrogen (secondary N) is 1. The van der Waals surface area contributed by atoms with E-state index in [4.69, 9.17) is 9.26 Å². The first kappa shape index (κ1) is 16.5. The highest BCUT2D eigenvalue weighted by molar-refractivity contribution is 5.76. The number of hydrogen-bond acceptors (Lipinski definition) is 5. The maximum absolute atomic E-state index is 13.7. The molecular formula is C16H17F2N3O3. The fourth-order valence-corrected chi connectivity index (χ4v) is 2.61. The summed E-state index contributed by atoms with van der Waals surface area (Å²) in [6.45, 7) is 1.37. The first-order valence-corrected chi connectivity index (χ1v) is 7.75. The second-order valence-electron chi connectivity index (χ2n) is 5.68. The number of halogens is 2. The van der Waals surface area contributed by atoms with Crippen LogP contribution in [-0.4, -0.2) is 29.3 Å². The Balaban J connectivity index is 1.57. The molecule has 1 amide bonds. The Morgan fingerprint density at radius 1 is 1.33 bits per heavy atom. The third kappa shape index (κ3) is 3.94. The molecular weight excluding hydrogens is 320 g/mol. The molecule has 0 spiro atoms. The van der Waals surface area contributed by atoms with Crippen LogP contribution in [0.3, 0.4) is 0 Å². The van der Waals surface area contributed by atoms with Crippen LogP contribution in [0.2, 0.25) is 0 Å². The van der Waals surface area contributed by atoms with E-state index in [0.29, 0.717) is 13.0 Å². The van der Waals surface area contributed by atoms with Gasteiger partial charge < -0.3 is 14.6 Å². The average Bonchev–Trinajstić information content (AvgIpc) is 3.02. The molecule has 1 N–H and O–H groups in total. The molecule has 0 bridgehead atoms. The van der Waals surface area contributed by atoms with Crippen molar-refractivity contribution < 1.29 is 22.8 Å². The molecule has 1 saturated heterocycles. The summed E-state index contributed by atoms with van der Waals surface area (Å²) < 4.78 is 37.6. The second kappa shape index (κ2) is 7.48. The fraction of sp³-hybridized carbons (Fsp3) is 0.438. The molecule has 1 aliphatic rings. The van der Waals surface area contributed by atoms with Crippen LogP contribution in [0.25, 0.3) is 11.5 Å². The molecule has 0 unspecified atom stereocenters. The molecule has 0 saturated carbocycles. The Hall–Kier alpha value is -2.35. The number of benzene rings is 1. The van der Waals surface area contributed by atoms with E-state index in [1.54, 1.807) is 0 Å². The third-order valence-corrected chi connectivity index (χ3v) is 3.82. The highest BCUT2D eigenvalue weighted by atomic mass is 19.1.